The molecule has 2 nitrogen and oxygen atoms in total. The van der Waals surface area contributed by atoms with Crippen molar-refractivity contribution in [2.24, 2.45) is 11.8 Å². The summed E-state index contributed by atoms with van der Waals surface area (Å²) in [6.07, 6.45) is 13.1. The normalized spacial score (nSPS) is 43.9. The van der Waals surface area contributed by atoms with Crippen molar-refractivity contribution in [2.75, 3.05) is 0 Å². The maximum atomic E-state index is 6.01. The van der Waals surface area contributed by atoms with Gasteiger partial charge >= 0.3 is 0 Å². The van der Waals surface area contributed by atoms with Crippen LogP contribution in [0.4, 0.5) is 0 Å². The number of fused-ring (bicyclic) bond motifs is 2. The first-order valence-electron chi connectivity index (χ1n) is 9.19. The Balaban J connectivity index is 1.31. The summed E-state index contributed by atoms with van der Waals surface area (Å²) >= 11 is 0. The quantitative estimate of drug-likeness (QED) is 0.538. The average Bonchev–Trinajstić information content (AvgIpc) is 3.36. The Kier molecular flexibility index (Phi) is 3.36. The van der Waals surface area contributed by atoms with E-state index in [0.29, 0.717) is 24.0 Å². The zero-order valence-corrected chi connectivity index (χ0v) is 14.5. The van der Waals surface area contributed by atoms with Gasteiger partial charge in [-0.15, -0.1) is 0 Å². The van der Waals surface area contributed by atoms with Crippen LogP contribution in [0.3, 0.4) is 0 Å². The topological polar surface area (TPSA) is 25.1 Å². The van der Waals surface area contributed by atoms with E-state index in [-0.39, 0.29) is 11.2 Å². The molecule has 2 heterocycles. The van der Waals surface area contributed by atoms with Gasteiger partial charge in [-0.1, -0.05) is 44.1 Å². The van der Waals surface area contributed by atoms with Crippen molar-refractivity contribution < 1.29 is 9.47 Å². The lowest BCUT2D eigenvalue weighted by atomic mass is 9.79. The summed E-state index contributed by atoms with van der Waals surface area (Å²) in [5.74, 6) is 1.35. The van der Waals surface area contributed by atoms with Crippen LogP contribution in [0, 0.1) is 11.8 Å². The molecule has 0 aromatic carbocycles. The van der Waals surface area contributed by atoms with Crippen LogP contribution in [-0.4, -0.2) is 23.4 Å². The molecule has 0 radical (unpaired) electrons. The van der Waals surface area contributed by atoms with Crippen LogP contribution >= 0.6 is 0 Å². The second-order valence-corrected chi connectivity index (χ2v) is 8.51. The van der Waals surface area contributed by atoms with E-state index < -0.39 is 0 Å². The van der Waals surface area contributed by atoms with E-state index in [0.717, 1.165) is 0 Å². The van der Waals surface area contributed by atoms with Gasteiger partial charge in [0, 0.05) is 0 Å². The van der Waals surface area contributed by atoms with Gasteiger partial charge in [-0.3, -0.25) is 0 Å². The molecule has 0 N–H and O–H groups in total. The van der Waals surface area contributed by atoms with Gasteiger partial charge in [-0.2, -0.15) is 0 Å². The fraction of sp³-hybridized carbons (Fsp3) is 0.800. The molecule has 0 aromatic heterocycles. The van der Waals surface area contributed by atoms with Crippen molar-refractivity contribution in [3.63, 3.8) is 0 Å². The molecule has 2 saturated heterocycles. The molecule has 5 atom stereocenters. The molecule has 0 bridgehead atoms. The fourth-order valence-electron chi connectivity index (χ4n) is 4.53. The molecule has 0 saturated carbocycles. The summed E-state index contributed by atoms with van der Waals surface area (Å²) in [4.78, 5) is 0. The number of epoxide rings is 2. The van der Waals surface area contributed by atoms with Gasteiger partial charge in [0.05, 0.1) is 5.60 Å². The van der Waals surface area contributed by atoms with Gasteiger partial charge in [0.2, 0.25) is 0 Å². The fourth-order valence-corrected chi connectivity index (χ4v) is 4.53. The lowest BCUT2D eigenvalue weighted by Gasteiger charge is -2.23. The third-order valence-corrected chi connectivity index (χ3v) is 6.72. The number of hydrogen-bond donors (Lipinski definition) is 0. The summed E-state index contributed by atoms with van der Waals surface area (Å²) in [5.41, 5.74) is 3.66. The molecule has 2 fully saturated rings. The first-order chi connectivity index (χ1) is 10.4. The number of hydrogen-bond acceptors (Lipinski definition) is 2. The summed E-state index contributed by atoms with van der Waals surface area (Å²) in [7, 11) is 0. The maximum absolute atomic E-state index is 6.01. The van der Waals surface area contributed by atoms with Crippen molar-refractivity contribution in [1.82, 2.24) is 0 Å². The van der Waals surface area contributed by atoms with Gasteiger partial charge in [0.1, 0.15) is 17.8 Å². The smallest absolute Gasteiger partial charge is 0.106 e. The SMILES string of the molecule is CC(CCC1=CC2OC2(C(C)C)CC1)C1=CC2OC2(C)CC1. The van der Waals surface area contributed by atoms with E-state index in [4.69, 9.17) is 9.47 Å². The van der Waals surface area contributed by atoms with Gasteiger partial charge in [-0.05, 0) is 57.3 Å². The highest BCUT2D eigenvalue weighted by molar-refractivity contribution is 5.26. The zero-order valence-electron chi connectivity index (χ0n) is 14.5. The Morgan fingerprint density at radius 1 is 1.09 bits per heavy atom. The summed E-state index contributed by atoms with van der Waals surface area (Å²) in [6.45, 7) is 9.24. The maximum Gasteiger partial charge on any atom is 0.106 e. The summed E-state index contributed by atoms with van der Waals surface area (Å²) in [6, 6.07) is 0. The number of rotatable bonds is 5. The predicted molar refractivity (Wildman–Crippen MR) is 88.8 cm³/mol. The first-order valence-corrected chi connectivity index (χ1v) is 9.19. The summed E-state index contributed by atoms with van der Waals surface area (Å²) in [5, 5.41) is 0. The van der Waals surface area contributed by atoms with Crippen molar-refractivity contribution in [3.8, 4) is 0 Å². The van der Waals surface area contributed by atoms with Crippen LogP contribution in [0.25, 0.3) is 0 Å². The molecule has 2 aliphatic heterocycles. The Morgan fingerprint density at radius 3 is 2.59 bits per heavy atom. The van der Waals surface area contributed by atoms with E-state index in [1.165, 1.54) is 38.5 Å². The molecule has 22 heavy (non-hydrogen) atoms. The molecule has 122 valence electrons. The second kappa shape index (κ2) is 4.95. The summed E-state index contributed by atoms with van der Waals surface area (Å²) < 4.78 is 11.8. The molecule has 0 aromatic rings. The molecule has 0 spiro atoms. The minimum absolute atomic E-state index is 0.193. The molecular formula is C20H30O2. The highest BCUT2D eigenvalue weighted by atomic mass is 16.6. The third kappa shape index (κ3) is 2.39. The van der Waals surface area contributed by atoms with Gasteiger partial charge in [-0.25, -0.2) is 0 Å². The molecule has 2 aliphatic carbocycles. The lowest BCUT2D eigenvalue weighted by Crippen LogP contribution is -2.25. The van der Waals surface area contributed by atoms with Gasteiger partial charge in [0.15, 0.2) is 0 Å². The predicted octanol–water partition coefficient (Wildman–Crippen LogP) is 4.79. The zero-order chi connectivity index (χ0) is 15.5. The minimum atomic E-state index is 0.193. The Hall–Kier alpha value is -0.600. The highest BCUT2D eigenvalue weighted by Crippen LogP contribution is 2.52. The van der Waals surface area contributed by atoms with Crippen LogP contribution < -0.4 is 0 Å². The largest absolute Gasteiger partial charge is 0.362 e. The standard InChI is InChI=1S/C20H30O2/c1-13(2)20-10-7-15(11-18(20)22-20)6-5-14(3)16-8-9-19(4)17(12-16)21-19/h11-14,17-18H,5-10H2,1-4H3. The second-order valence-electron chi connectivity index (χ2n) is 8.51. The van der Waals surface area contributed by atoms with Crippen molar-refractivity contribution >= 4 is 0 Å². The first kappa shape index (κ1) is 15.0. The van der Waals surface area contributed by atoms with Crippen molar-refractivity contribution in [3.05, 3.63) is 23.3 Å². The van der Waals surface area contributed by atoms with Crippen LogP contribution in [0.1, 0.15) is 66.2 Å². The van der Waals surface area contributed by atoms with Gasteiger partial charge in [0.25, 0.3) is 0 Å². The Bertz CT molecular complexity index is 532. The minimum Gasteiger partial charge on any atom is -0.362 e. The van der Waals surface area contributed by atoms with Crippen LogP contribution in [0.5, 0.6) is 0 Å². The van der Waals surface area contributed by atoms with E-state index >= 15 is 0 Å². The van der Waals surface area contributed by atoms with Crippen LogP contribution in [0.2, 0.25) is 0 Å². The van der Waals surface area contributed by atoms with E-state index in [1.807, 2.05) is 0 Å². The average molecular weight is 302 g/mol. The lowest BCUT2D eigenvalue weighted by molar-refractivity contribution is 0.226. The third-order valence-electron chi connectivity index (χ3n) is 6.72. The number of allylic oxidation sites excluding steroid dienone is 2. The monoisotopic (exact) mass is 302 g/mol. The Labute approximate surface area is 134 Å². The van der Waals surface area contributed by atoms with Crippen molar-refractivity contribution in [2.45, 2.75) is 89.6 Å². The molecule has 0 amide bonds. The van der Waals surface area contributed by atoms with Crippen molar-refractivity contribution in [1.29, 1.82) is 0 Å². The highest BCUT2D eigenvalue weighted by Gasteiger charge is 2.58. The molecule has 4 rings (SSSR count). The van der Waals surface area contributed by atoms with Gasteiger partial charge < -0.3 is 9.47 Å². The Morgan fingerprint density at radius 2 is 1.91 bits per heavy atom. The van der Waals surface area contributed by atoms with Crippen LogP contribution in [-0.2, 0) is 9.47 Å². The number of ether oxygens (including phenoxy) is 2. The molecule has 5 unspecified atom stereocenters. The van der Waals surface area contributed by atoms with Crippen LogP contribution in [0.15, 0.2) is 23.3 Å². The van der Waals surface area contributed by atoms with E-state index in [9.17, 15) is 0 Å². The molecule has 2 heteroatoms. The molecular weight excluding hydrogens is 272 g/mol. The van der Waals surface area contributed by atoms with E-state index in [2.05, 4.69) is 39.8 Å². The van der Waals surface area contributed by atoms with E-state index in [1.54, 1.807) is 11.1 Å². The molecule has 4 aliphatic rings.